The lowest BCUT2D eigenvalue weighted by atomic mass is 9.99. The normalized spacial score (nSPS) is 12.0. The van der Waals surface area contributed by atoms with Gasteiger partial charge in [0, 0.05) is 13.5 Å². The number of hydrogen-bond acceptors (Lipinski definition) is 6. The monoisotopic (exact) mass is 297 g/mol. The van der Waals surface area contributed by atoms with Crippen LogP contribution in [0, 0.1) is 0 Å². The van der Waals surface area contributed by atoms with Gasteiger partial charge in [-0.25, -0.2) is 4.79 Å². The van der Waals surface area contributed by atoms with E-state index >= 15 is 0 Å². The molecular formula is C14H19NO6. The van der Waals surface area contributed by atoms with Gasteiger partial charge in [-0.1, -0.05) is 12.1 Å². The molecule has 0 radical (unpaired) electrons. The molecule has 0 saturated heterocycles. The summed E-state index contributed by atoms with van der Waals surface area (Å²) in [5.41, 5.74) is 6.92. The summed E-state index contributed by atoms with van der Waals surface area (Å²) < 4.78 is 14.4. The average molecular weight is 297 g/mol. The third-order valence-electron chi connectivity index (χ3n) is 2.88. The lowest BCUT2D eigenvalue weighted by Crippen LogP contribution is -2.17. The Morgan fingerprint density at radius 1 is 1.33 bits per heavy atom. The second kappa shape index (κ2) is 8.35. The molecule has 0 amide bonds. The number of hydrogen-bond donors (Lipinski definition) is 2. The van der Waals surface area contributed by atoms with Crippen LogP contribution in [-0.2, 0) is 25.4 Å². The van der Waals surface area contributed by atoms with Gasteiger partial charge in [0.2, 0.25) is 0 Å². The molecule has 0 fully saturated rings. The van der Waals surface area contributed by atoms with Crippen molar-refractivity contribution in [2.24, 2.45) is 5.73 Å². The highest BCUT2D eigenvalue weighted by atomic mass is 16.7. The summed E-state index contributed by atoms with van der Waals surface area (Å²) in [7, 11) is 2.75. The van der Waals surface area contributed by atoms with Crippen LogP contribution >= 0.6 is 0 Å². The van der Waals surface area contributed by atoms with Gasteiger partial charge in [-0.2, -0.15) is 0 Å². The minimum Gasteiger partial charge on any atom is -0.478 e. The predicted octanol–water partition coefficient (Wildman–Crippen LogP) is 1.07. The first kappa shape index (κ1) is 17.1. The predicted molar refractivity (Wildman–Crippen MR) is 73.6 cm³/mol. The summed E-state index contributed by atoms with van der Waals surface area (Å²) in [6.45, 7) is 0.00760. The Hall–Kier alpha value is -1.96. The Bertz CT molecular complexity index is 502. The molecule has 0 bridgehead atoms. The topological polar surface area (TPSA) is 108 Å². The molecule has 1 aromatic carbocycles. The molecule has 0 heterocycles. The van der Waals surface area contributed by atoms with Crippen LogP contribution in [0.15, 0.2) is 18.2 Å². The second-order valence-corrected chi connectivity index (χ2v) is 4.29. The number of carboxylic acids is 1. The van der Waals surface area contributed by atoms with Gasteiger partial charge in [0.15, 0.2) is 0 Å². The molecule has 3 N–H and O–H groups in total. The highest BCUT2D eigenvalue weighted by Gasteiger charge is 2.15. The number of esters is 1. The molecule has 1 unspecified atom stereocenters. The largest absolute Gasteiger partial charge is 0.478 e. The average Bonchev–Trinajstić information content (AvgIpc) is 2.49. The number of carbonyl (C=O) groups is 2. The zero-order chi connectivity index (χ0) is 15.8. The van der Waals surface area contributed by atoms with E-state index in [0.29, 0.717) is 11.1 Å². The maximum atomic E-state index is 11.3. The SMILES string of the molecule is COCOC(N)c1ccc(CCC(=O)OC)c(C(=O)O)c1. The van der Waals surface area contributed by atoms with Crippen LogP contribution in [-0.4, -0.2) is 38.1 Å². The Morgan fingerprint density at radius 2 is 2.05 bits per heavy atom. The molecule has 1 aromatic rings. The van der Waals surface area contributed by atoms with Crippen LogP contribution in [0.3, 0.4) is 0 Å². The molecule has 1 atom stereocenters. The lowest BCUT2D eigenvalue weighted by molar-refractivity contribution is -0.140. The zero-order valence-electron chi connectivity index (χ0n) is 12.0. The van der Waals surface area contributed by atoms with Crippen molar-refractivity contribution < 1.29 is 28.9 Å². The summed E-state index contributed by atoms with van der Waals surface area (Å²) in [5.74, 6) is -1.48. The molecule has 0 aromatic heterocycles. The van der Waals surface area contributed by atoms with Crippen LogP contribution in [0.5, 0.6) is 0 Å². The number of benzene rings is 1. The number of methoxy groups -OCH3 is 2. The van der Waals surface area contributed by atoms with E-state index in [0.717, 1.165) is 0 Å². The first-order valence-corrected chi connectivity index (χ1v) is 6.28. The Morgan fingerprint density at radius 3 is 2.62 bits per heavy atom. The molecule has 0 aliphatic carbocycles. The fourth-order valence-corrected chi connectivity index (χ4v) is 1.76. The van der Waals surface area contributed by atoms with Crippen molar-refractivity contribution in [3.63, 3.8) is 0 Å². The first-order valence-electron chi connectivity index (χ1n) is 6.28. The molecule has 116 valence electrons. The van der Waals surface area contributed by atoms with Gasteiger partial charge in [-0.05, 0) is 23.6 Å². The molecular weight excluding hydrogens is 278 g/mol. The molecule has 21 heavy (non-hydrogen) atoms. The number of rotatable bonds is 8. The van der Waals surface area contributed by atoms with Crippen molar-refractivity contribution in [3.05, 3.63) is 34.9 Å². The number of ether oxygens (including phenoxy) is 3. The third-order valence-corrected chi connectivity index (χ3v) is 2.88. The van der Waals surface area contributed by atoms with E-state index in [4.69, 9.17) is 15.2 Å². The summed E-state index contributed by atoms with van der Waals surface area (Å²) >= 11 is 0. The Labute approximate surface area is 122 Å². The number of nitrogens with two attached hydrogens (primary N) is 1. The van der Waals surface area contributed by atoms with Crippen LogP contribution in [0.25, 0.3) is 0 Å². The second-order valence-electron chi connectivity index (χ2n) is 4.29. The van der Waals surface area contributed by atoms with E-state index in [9.17, 15) is 14.7 Å². The van der Waals surface area contributed by atoms with Gasteiger partial charge < -0.3 is 25.1 Å². The summed E-state index contributed by atoms with van der Waals surface area (Å²) in [6, 6.07) is 4.73. The molecule has 0 aliphatic rings. The van der Waals surface area contributed by atoms with E-state index in [2.05, 4.69) is 4.74 Å². The number of carbonyl (C=O) groups excluding carboxylic acids is 1. The van der Waals surface area contributed by atoms with E-state index in [1.54, 1.807) is 12.1 Å². The zero-order valence-corrected chi connectivity index (χ0v) is 12.0. The van der Waals surface area contributed by atoms with Gasteiger partial charge in [0.25, 0.3) is 0 Å². The first-order chi connectivity index (χ1) is 9.99. The molecule has 7 heteroatoms. The number of aryl methyl sites for hydroxylation is 1. The van der Waals surface area contributed by atoms with Crippen LogP contribution in [0.4, 0.5) is 0 Å². The molecule has 7 nitrogen and oxygen atoms in total. The number of aromatic carboxylic acids is 1. The van der Waals surface area contributed by atoms with Crippen LogP contribution in [0.2, 0.25) is 0 Å². The minimum atomic E-state index is -1.09. The lowest BCUT2D eigenvalue weighted by Gasteiger charge is -2.14. The minimum absolute atomic E-state index is 0.00760. The highest BCUT2D eigenvalue weighted by Crippen LogP contribution is 2.19. The smallest absolute Gasteiger partial charge is 0.335 e. The summed E-state index contributed by atoms with van der Waals surface area (Å²) in [6.07, 6.45) is -0.386. The van der Waals surface area contributed by atoms with Crippen molar-refractivity contribution >= 4 is 11.9 Å². The maximum absolute atomic E-state index is 11.3. The van der Waals surface area contributed by atoms with Crippen molar-refractivity contribution in [2.75, 3.05) is 21.0 Å². The Balaban J connectivity index is 2.91. The molecule has 0 saturated carbocycles. The van der Waals surface area contributed by atoms with Crippen molar-refractivity contribution in [3.8, 4) is 0 Å². The van der Waals surface area contributed by atoms with E-state index in [1.165, 1.54) is 20.3 Å². The molecule has 0 spiro atoms. The third kappa shape index (κ3) is 5.14. The van der Waals surface area contributed by atoms with E-state index in [1.807, 2.05) is 0 Å². The van der Waals surface area contributed by atoms with Crippen LogP contribution < -0.4 is 5.73 Å². The van der Waals surface area contributed by atoms with E-state index in [-0.39, 0.29) is 25.2 Å². The highest BCUT2D eigenvalue weighted by molar-refractivity contribution is 5.89. The van der Waals surface area contributed by atoms with Crippen molar-refractivity contribution in [1.29, 1.82) is 0 Å². The fourth-order valence-electron chi connectivity index (χ4n) is 1.76. The van der Waals surface area contributed by atoms with E-state index < -0.39 is 18.2 Å². The maximum Gasteiger partial charge on any atom is 0.335 e. The van der Waals surface area contributed by atoms with Gasteiger partial charge in [-0.3, -0.25) is 4.79 Å². The van der Waals surface area contributed by atoms with Gasteiger partial charge in [0.05, 0.1) is 12.7 Å². The standard InChI is InChI=1S/C14H19NO6/c1-19-8-21-13(15)10-4-3-9(5-6-12(16)20-2)11(7-10)14(17)18/h3-4,7,13H,5-6,8,15H2,1-2H3,(H,17,18). The van der Waals surface area contributed by atoms with Gasteiger partial charge >= 0.3 is 11.9 Å². The van der Waals surface area contributed by atoms with Crippen molar-refractivity contribution in [2.45, 2.75) is 19.1 Å². The van der Waals surface area contributed by atoms with Crippen molar-refractivity contribution in [1.82, 2.24) is 0 Å². The molecule has 1 rings (SSSR count). The van der Waals surface area contributed by atoms with Crippen LogP contribution in [0.1, 0.15) is 34.1 Å². The summed E-state index contributed by atoms with van der Waals surface area (Å²) in [4.78, 5) is 22.4. The van der Waals surface area contributed by atoms with Gasteiger partial charge in [-0.15, -0.1) is 0 Å². The quantitative estimate of drug-likeness (QED) is 0.545. The Kier molecular flexibility index (Phi) is 6.80. The van der Waals surface area contributed by atoms with Gasteiger partial charge in [0.1, 0.15) is 13.0 Å². The number of carboxylic acid groups (broad SMARTS) is 1. The molecule has 0 aliphatic heterocycles. The summed E-state index contributed by atoms with van der Waals surface area (Å²) in [5, 5.41) is 9.25. The fraction of sp³-hybridized carbons (Fsp3) is 0.429.